The van der Waals surface area contributed by atoms with E-state index in [1.54, 1.807) is 0 Å². The first kappa shape index (κ1) is 15.0. The van der Waals surface area contributed by atoms with Crippen LogP contribution < -0.4 is 5.32 Å². The molecule has 1 fully saturated rings. The number of thiophene rings is 1. The molecule has 1 aliphatic rings. The molecule has 1 amide bonds. The number of carbonyl (C=O) groups excluding carboxylic acids is 1. The first-order valence-electron chi connectivity index (χ1n) is 6.88. The molecular formula is C15H20N2O2S. The molecular weight excluding hydrogens is 272 g/mol. The van der Waals surface area contributed by atoms with E-state index in [4.69, 9.17) is 5.11 Å². The first-order valence-corrected chi connectivity index (χ1v) is 7.76. The van der Waals surface area contributed by atoms with Gasteiger partial charge in [0.15, 0.2) is 0 Å². The van der Waals surface area contributed by atoms with Crippen LogP contribution >= 0.6 is 11.3 Å². The number of hydrogen-bond donors (Lipinski definition) is 2. The molecule has 5 heteroatoms. The van der Waals surface area contributed by atoms with Crippen molar-refractivity contribution < 1.29 is 9.90 Å². The maximum atomic E-state index is 12.2. The molecule has 1 aromatic rings. The molecule has 0 aromatic carbocycles. The Bertz CT molecular complexity index is 515. The summed E-state index contributed by atoms with van der Waals surface area (Å²) in [6.07, 6.45) is 3.61. The van der Waals surface area contributed by atoms with Crippen LogP contribution in [0.15, 0.2) is 11.4 Å². The van der Waals surface area contributed by atoms with E-state index < -0.39 is 0 Å². The van der Waals surface area contributed by atoms with Crippen LogP contribution in [0.5, 0.6) is 0 Å². The van der Waals surface area contributed by atoms with Crippen molar-refractivity contribution >= 4 is 17.2 Å². The smallest absolute Gasteiger partial charge is 0.262 e. The highest BCUT2D eigenvalue weighted by Gasteiger charge is 2.20. The van der Waals surface area contributed by atoms with Gasteiger partial charge in [-0.25, -0.2) is 0 Å². The highest BCUT2D eigenvalue weighted by atomic mass is 32.1. The van der Waals surface area contributed by atoms with Crippen LogP contribution in [0.2, 0.25) is 0 Å². The minimum Gasteiger partial charge on any atom is -0.384 e. The van der Waals surface area contributed by atoms with Gasteiger partial charge in [0.05, 0.1) is 0 Å². The lowest BCUT2D eigenvalue weighted by Crippen LogP contribution is -2.44. The zero-order valence-corrected chi connectivity index (χ0v) is 12.5. The van der Waals surface area contributed by atoms with E-state index in [2.05, 4.69) is 29.1 Å². The quantitative estimate of drug-likeness (QED) is 0.826. The van der Waals surface area contributed by atoms with Gasteiger partial charge >= 0.3 is 0 Å². The topological polar surface area (TPSA) is 52.6 Å². The van der Waals surface area contributed by atoms with Gasteiger partial charge in [-0.15, -0.1) is 11.3 Å². The minimum atomic E-state index is -0.191. The van der Waals surface area contributed by atoms with Crippen LogP contribution in [-0.2, 0) is 0 Å². The average Bonchev–Trinajstić information content (AvgIpc) is 2.92. The van der Waals surface area contributed by atoms with E-state index in [-0.39, 0.29) is 12.5 Å². The summed E-state index contributed by atoms with van der Waals surface area (Å²) in [5, 5.41) is 13.6. The van der Waals surface area contributed by atoms with Crippen LogP contribution in [0.4, 0.5) is 0 Å². The largest absolute Gasteiger partial charge is 0.384 e. The van der Waals surface area contributed by atoms with Crippen molar-refractivity contribution in [2.24, 2.45) is 0 Å². The summed E-state index contributed by atoms with van der Waals surface area (Å²) in [4.78, 5) is 15.1. The second-order valence-corrected chi connectivity index (χ2v) is 5.88. The van der Waals surface area contributed by atoms with E-state index in [9.17, 15) is 4.79 Å². The average molecular weight is 292 g/mol. The number of amides is 1. The number of likely N-dealkylation sites (tertiary alicyclic amines) is 1. The third-order valence-corrected chi connectivity index (χ3v) is 4.51. The fourth-order valence-corrected chi connectivity index (χ4v) is 3.18. The molecule has 1 aliphatic heterocycles. The highest BCUT2D eigenvalue weighted by Crippen LogP contribution is 2.17. The number of piperidine rings is 1. The van der Waals surface area contributed by atoms with Crippen molar-refractivity contribution in [3.63, 3.8) is 0 Å². The molecule has 1 saturated heterocycles. The van der Waals surface area contributed by atoms with Crippen molar-refractivity contribution in [3.8, 4) is 11.8 Å². The Balaban J connectivity index is 1.93. The normalized spacial score (nSPS) is 19.2. The molecule has 1 unspecified atom stereocenters. The van der Waals surface area contributed by atoms with E-state index in [1.165, 1.54) is 24.2 Å². The zero-order valence-electron chi connectivity index (χ0n) is 11.7. The maximum Gasteiger partial charge on any atom is 0.262 e. The molecule has 1 atom stereocenters. The Morgan fingerprint density at radius 3 is 3.20 bits per heavy atom. The van der Waals surface area contributed by atoms with Crippen LogP contribution in [-0.4, -0.2) is 48.7 Å². The first-order chi connectivity index (χ1) is 9.72. The summed E-state index contributed by atoms with van der Waals surface area (Å²) in [7, 11) is 2.11. The molecule has 2 rings (SSSR count). The van der Waals surface area contributed by atoms with Gasteiger partial charge in [0.25, 0.3) is 5.91 Å². The predicted molar refractivity (Wildman–Crippen MR) is 80.9 cm³/mol. The fraction of sp³-hybridized carbons (Fsp3) is 0.533. The number of likely N-dealkylation sites (N-methyl/N-ethyl adjacent to an activating group) is 1. The van der Waals surface area contributed by atoms with Gasteiger partial charge in [-0.3, -0.25) is 4.79 Å². The lowest BCUT2D eigenvalue weighted by molar-refractivity contribution is 0.0932. The number of rotatable bonds is 3. The number of hydrogen-bond acceptors (Lipinski definition) is 4. The van der Waals surface area contributed by atoms with Crippen molar-refractivity contribution in [1.29, 1.82) is 0 Å². The van der Waals surface area contributed by atoms with E-state index in [0.29, 0.717) is 23.0 Å². The second-order valence-electron chi connectivity index (χ2n) is 4.96. The Morgan fingerprint density at radius 2 is 2.45 bits per heavy atom. The van der Waals surface area contributed by atoms with Gasteiger partial charge < -0.3 is 15.3 Å². The van der Waals surface area contributed by atoms with Crippen molar-refractivity contribution in [2.75, 3.05) is 26.7 Å². The number of nitrogens with one attached hydrogen (secondary N) is 1. The van der Waals surface area contributed by atoms with Crippen molar-refractivity contribution in [2.45, 2.75) is 25.3 Å². The number of nitrogens with zero attached hydrogens (tertiary/aromatic N) is 1. The van der Waals surface area contributed by atoms with Crippen LogP contribution in [0.1, 0.15) is 34.5 Å². The zero-order chi connectivity index (χ0) is 14.4. The molecule has 2 heterocycles. The molecule has 0 bridgehead atoms. The Kier molecular flexibility index (Phi) is 5.60. The van der Waals surface area contributed by atoms with E-state index in [0.717, 1.165) is 13.0 Å². The summed E-state index contributed by atoms with van der Waals surface area (Å²) in [6.45, 7) is 1.59. The molecule has 0 spiro atoms. The standard InChI is InChI=1S/C15H20N2O2S/c1-17-8-3-2-6-13(17)11-16-15(19)14-12(5-4-9-18)7-10-20-14/h7,10,13,18H,2-3,6,8-9,11H2,1H3,(H,16,19). The molecule has 20 heavy (non-hydrogen) atoms. The monoisotopic (exact) mass is 292 g/mol. The lowest BCUT2D eigenvalue weighted by Gasteiger charge is -2.32. The highest BCUT2D eigenvalue weighted by molar-refractivity contribution is 7.12. The molecule has 2 N–H and O–H groups in total. The number of aliphatic hydroxyl groups is 1. The summed E-state index contributed by atoms with van der Waals surface area (Å²) in [5.41, 5.74) is 0.693. The van der Waals surface area contributed by atoms with Gasteiger partial charge in [0, 0.05) is 18.2 Å². The van der Waals surface area contributed by atoms with Gasteiger partial charge in [-0.1, -0.05) is 18.3 Å². The van der Waals surface area contributed by atoms with Gasteiger partial charge in [0.1, 0.15) is 11.5 Å². The second kappa shape index (κ2) is 7.44. The van der Waals surface area contributed by atoms with Gasteiger partial charge in [-0.2, -0.15) is 0 Å². The summed E-state index contributed by atoms with van der Waals surface area (Å²) in [6, 6.07) is 2.24. The maximum absolute atomic E-state index is 12.2. The molecule has 0 saturated carbocycles. The predicted octanol–water partition coefficient (Wildman–Crippen LogP) is 1.31. The van der Waals surface area contributed by atoms with Crippen molar-refractivity contribution in [1.82, 2.24) is 10.2 Å². The summed E-state index contributed by atoms with van der Waals surface area (Å²) >= 11 is 1.39. The molecule has 4 nitrogen and oxygen atoms in total. The van der Waals surface area contributed by atoms with E-state index in [1.807, 2.05) is 11.4 Å². The third-order valence-electron chi connectivity index (χ3n) is 3.59. The summed E-state index contributed by atoms with van der Waals surface area (Å²) in [5.74, 6) is 5.32. The molecule has 1 aromatic heterocycles. The van der Waals surface area contributed by atoms with E-state index >= 15 is 0 Å². The van der Waals surface area contributed by atoms with Crippen LogP contribution in [0, 0.1) is 11.8 Å². The van der Waals surface area contributed by atoms with Gasteiger partial charge in [0.2, 0.25) is 0 Å². The Hall–Kier alpha value is -1.35. The van der Waals surface area contributed by atoms with Crippen molar-refractivity contribution in [3.05, 3.63) is 21.9 Å². The Labute approximate surface area is 123 Å². The summed E-state index contributed by atoms with van der Waals surface area (Å²) < 4.78 is 0. The molecule has 0 aliphatic carbocycles. The van der Waals surface area contributed by atoms with Crippen LogP contribution in [0.25, 0.3) is 0 Å². The molecule has 0 radical (unpaired) electrons. The van der Waals surface area contributed by atoms with Crippen LogP contribution in [0.3, 0.4) is 0 Å². The van der Waals surface area contributed by atoms with Gasteiger partial charge in [-0.05, 0) is 37.9 Å². The minimum absolute atomic E-state index is 0.0683. The third kappa shape index (κ3) is 3.83. The molecule has 108 valence electrons. The number of carbonyl (C=O) groups is 1. The lowest BCUT2D eigenvalue weighted by atomic mass is 10.0. The fourth-order valence-electron chi connectivity index (χ4n) is 2.41. The number of aliphatic hydroxyl groups excluding tert-OH is 1. The SMILES string of the molecule is CN1CCCCC1CNC(=O)c1sccc1C#CCO. The Morgan fingerprint density at radius 1 is 1.60 bits per heavy atom.